The number of hydrogen-bond acceptors (Lipinski definition) is 5. The average molecular weight is 411 g/mol. The Morgan fingerprint density at radius 3 is 2.43 bits per heavy atom. The first-order chi connectivity index (χ1) is 14.6. The molecule has 0 heterocycles. The third kappa shape index (κ3) is 7.28. The van der Waals surface area contributed by atoms with Crippen LogP contribution >= 0.6 is 0 Å². The molecule has 2 rings (SSSR count). The Balaban J connectivity index is 1.91. The molecule has 0 aliphatic heterocycles. The molecular weight excluding hydrogens is 382 g/mol. The monoisotopic (exact) mass is 411 g/mol. The molecule has 6 nitrogen and oxygen atoms in total. The highest BCUT2D eigenvalue weighted by Gasteiger charge is 2.08. The predicted molar refractivity (Wildman–Crippen MR) is 118 cm³/mol. The molecule has 0 unspecified atom stereocenters. The van der Waals surface area contributed by atoms with Crippen molar-refractivity contribution in [3.05, 3.63) is 59.7 Å². The first kappa shape index (κ1) is 23.0. The van der Waals surface area contributed by atoms with Crippen molar-refractivity contribution in [3.63, 3.8) is 0 Å². The van der Waals surface area contributed by atoms with E-state index in [4.69, 9.17) is 14.2 Å². The topological polar surface area (TPSA) is 73.9 Å². The van der Waals surface area contributed by atoms with Crippen molar-refractivity contribution in [3.8, 4) is 11.5 Å². The summed E-state index contributed by atoms with van der Waals surface area (Å²) < 4.78 is 16.0. The Labute approximate surface area is 177 Å². The van der Waals surface area contributed by atoms with Gasteiger partial charge in [0.25, 0.3) is 0 Å². The molecule has 6 heteroatoms. The van der Waals surface area contributed by atoms with Crippen molar-refractivity contribution >= 4 is 23.6 Å². The van der Waals surface area contributed by atoms with Crippen LogP contribution in [0.2, 0.25) is 0 Å². The Morgan fingerprint density at radius 2 is 1.77 bits per heavy atom. The van der Waals surface area contributed by atoms with E-state index in [-0.39, 0.29) is 11.9 Å². The Hall–Kier alpha value is -3.28. The minimum atomic E-state index is -0.353. The van der Waals surface area contributed by atoms with Crippen molar-refractivity contribution in [2.45, 2.75) is 33.1 Å². The summed E-state index contributed by atoms with van der Waals surface area (Å²) in [5, 5.41) is 2.76. The van der Waals surface area contributed by atoms with Gasteiger partial charge in [-0.05, 0) is 61.4 Å². The molecule has 0 atom stereocenters. The second-order valence-corrected chi connectivity index (χ2v) is 6.59. The first-order valence-corrected chi connectivity index (χ1v) is 10.1. The van der Waals surface area contributed by atoms with Crippen molar-refractivity contribution in [1.29, 1.82) is 0 Å². The Bertz CT molecular complexity index is 858. The molecule has 0 radical (unpaired) electrons. The molecule has 160 valence electrons. The molecule has 0 aliphatic carbocycles. The summed E-state index contributed by atoms with van der Waals surface area (Å²) in [6.07, 6.45) is 6.10. The van der Waals surface area contributed by atoms with Gasteiger partial charge in [-0.25, -0.2) is 4.79 Å². The van der Waals surface area contributed by atoms with Gasteiger partial charge in [0.15, 0.2) is 11.5 Å². The molecule has 2 aromatic carbocycles. The highest BCUT2D eigenvalue weighted by atomic mass is 16.5. The highest BCUT2D eigenvalue weighted by molar-refractivity contribution is 6.02. The van der Waals surface area contributed by atoms with Crippen molar-refractivity contribution in [1.82, 2.24) is 0 Å². The maximum absolute atomic E-state index is 12.2. The zero-order chi connectivity index (χ0) is 21.8. The van der Waals surface area contributed by atoms with Crippen LogP contribution in [0.25, 0.3) is 6.08 Å². The number of hydrogen-bond donors (Lipinski definition) is 1. The third-order valence-corrected chi connectivity index (χ3v) is 4.28. The lowest BCUT2D eigenvalue weighted by Gasteiger charge is -2.09. The lowest BCUT2D eigenvalue weighted by molar-refractivity contribution is -0.111. The van der Waals surface area contributed by atoms with Gasteiger partial charge >= 0.3 is 5.97 Å². The minimum absolute atomic E-state index is 0.280. The molecule has 0 spiro atoms. The smallest absolute Gasteiger partial charge is 0.338 e. The normalized spacial score (nSPS) is 10.6. The number of ether oxygens (including phenoxy) is 3. The molecule has 0 aromatic heterocycles. The predicted octanol–water partition coefficient (Wildman–Crippen LogP) is 5.09. The van der Waals surface area contributed by atoms with Crippen LogP contribution in [0.4, 0.5) is 5.69 Å². The molecular formula is C24H29NO5. The number of rotatable bonds is 11. The van der Waals surface area contributed by atoms with Gasteiger partial charge in [0, 0.05) is 11.8 Å². The van der Waals surface area contributed by atoms with E-state index in [1.54, 1.807) is 49.6 Å². The summed E-state index contributed by atoms with van der Waals surface area (Å²) in [4.78, 5) is 24.2. The van der Waals surface area contributed by atoms with Gasteiger partial charge < -0.3 is 19.5 Å². The first-order valence-electron chi connectivity index (χ1n) is 10.1. The molecule has 0 fully saturated rings. The van der Waals surface area contributed by atoms with Crippen LogP contribution in [0, 0.1) is 0 Å². The van der Waals surface area contributed by atoms with Crippen molar-refractivity contribution in [2.24, 2.45) is 0 Å². The second kappa shape index (κ2) is 12.3. The summed E-state index contributed by atoms with van der Waals surface area (Å²) in [5.41, 5.74) is 1.87. The fourth-order valence-corrected chi connectivity index (χ4v) is 2.71. The van der Waals surface area contributed by atoms with Gasteiger partial charge in [-0.3, -0.25) is 4.79 Å². The standard InChI is InChI=1S/C24H29NO5/c1-4-6-7-16-30-24(27)19-10-12-20(13-11-19)25-23(26)15-9-18-8-14-21(29-5-2)22(17-18)28-3/h8-15,17H,4-7,16H2,1-3H3,(H,25,26)/b15-9+. The van der Waals surface area contributed by atoms with Crippen LogP contribution in [0.1, 0.15) is 49.0 Å². The molecule has 0 saturated carbocycles. The number of amides is 1. The molecule has 0 saturated heterocycles. The molecule has 1 amide bonds. The quantitative estimate of drug-likeness (QED) is 0.317. The maximum Gasteiger partial charge on any atom is 0.338 e. The van der Waals surface area contributed by atoms with Crippen LogP contribution in [0.15, 0.2) is 48.5 Å². The summed E-state index contributed by atoms with van der Waals surface area (Å²) in [5.74, 6) is 0.633. The summed E-state index contributed by atoms with van der Waals surface area (Å²) in [6, 6.07) is 12.1. The molecule has 0 aliphatic rings. The van der Waals surface area contributed by atoms with Crippen LogP contribution in [0.3, 0.4) is 0 Å². The third-order valence-electron chi connectivity index (χ3n) is 4.28. The number of anilines is 1. The molecule has 1 N–H and O–H groups in total. The van der Waals surface area contributed by atoms with E-state index in [0.717, 1.165) is 24.8 Å². The number of carbonyl (C=O) groups excluding carboxylic acids is 2. The van der Waals surface area contributed by atoms with Gasteiger partial charge in [-0.1, -0.05) is 25.8 Å². The van der Waals surface area contributed by atoms with E-state index in [1.807, 2.05) is 13.0 Å². The van der Waals surface area contributed by atoms with Crippen molar-refractivity contribution < 1.29 is 23.8 Å². The van der Waals surface area contributed by atoms with E-state index < -0.39 is 0 Å². The highest BCUT2D eigenvalue weighted by Crippen LogP contribution is 2.28. The zero-order valence-electron chi connectivity index (χ0n) is 17.8. The second-order valence-electron chi connectivity index (χ2n) is 6.59. The van der Waals surface area contributed by atoms with Crippen LogP contribution in [0.5, 0.6) is 11.5 Å². The number of carbonyl (C=O) groups is 2. The van der Waals surface area contributed by atoms with Gasteiger partial charge in [0.05, 0.1) is 25.9 Å². The SMILES string of the molecule is CCCCCOC(=O)c1ccc(NC(=O)/C=C/c2ccc(OCC)c(OC)c2)cc1. The van der Waals surface area contributed by atoms with Crippen LogP contribution in [-0.2, 0) is 9.53 Å². The lowest BCUT2D eigenvalue weighted by Crippen LogP contribution is -2.09. The number of methoxy groups -OCH3 is 1. The van der Waals surface area contributed by atoms with Crippen molar-refractivity contribution in [2.75, 3.05) is 25.6 Å². The van der Waals surface area contributed by atoms with Gasteiger partial charge in [0.2, 0.25) is 5.91 Å². The van der Waals surface area contributed by atoms with Gasteiger partial charge in [0.1, 0.15) is 0 Å². The summed E-state index contributed by atoms with van der Waals surface area (Å²) >= 11 is 0. The van der Waals surface area contributed by atoms with Gasteiger partial charge in [-0.2, -0.15) is 0 Å². The van der Waals surface area contributed by atoms with E-state index in [1.165, 1.54) is 6.08 Å². The number of esters is 1. The maximum atomic E-state index is 12.2. The molecule has 2 aromatic rings. The molecule has 0 bridgehead atoms. The van der Waals surface area contributed by atoms with E-state index in [9.17, 15) is 9.59 Å². The minimum Gasteiger partial charge on any atom is -0.493 e. The van der Waals surface area contributed by atoms with E-state index in [0.29, 0.717) is 36.0 Å². The summed E-state index contributed by atoms with van der Waals surface area (Å²) in [6.45, 7) is 4.97. The number of unbranched alkanes of at least 4 members (excludes halogenated alkanes) is 2. The van der Waals surface area contributed by atoms with Gasteiger partial charge in [-0.15, -0.1) is 0 Å². The average Bonchev–Trinajstić information content (AvgIpc) is 2.76. The Morgan fingerprint density at radius 1 is 1.00 bits per heavy atom. The van der Waals surface area contributed by atoms with Crippen LogP contribution < -0.4 is 14.8 Å². The lowest BCUT2D eigenvalue weighted by atomic mass is 10.2. The number of nitrogens with one attached hydrogen (secondary N) is 1. The fourth-order valence-electron chi connectivity index (χ4n) is 2.71. The molecule has 30 heavy (non-hydrogen) atoms. The zero-order valence-corrected chi connectivity index (χ0v) is 17.8. The van der Waals surface area contributed by atoms with E-state index >= 15 is 0 Å². The Kier molecular flexibility index (Phi) is 9.45. The fraction of sp³-hybridized carbons (Fsp3) is 0.333. The van der Waals surface area contributed by atoms with Crippen LogP contribution in [-0.4, -0.2) is 32.2 Å². The van der Waals surface area contributed by atoms with E-state index in [2.05, 4.69) is 12.2 Å². The summed E-state index contributed by atoms with van der Waals surface area (Å²) in [7, 11) is 1.57. The largest absolute Gasteiger partial charge is 0.493 e. The number of benzene rings is 2.